The minimum Gasteiger partial charge on any atom is -0.225 e. The van der Waals surface area contributed by atoms with Crippen LogP contribution in [0.25, 0.3) is 10.8 Å². The van der Waals surface area contributed by atoms with Gasteiger partial charge in [-0.25, -0.2) is 4.39 Å². The van der Waals surface area contributed by atoms with Crippen molar-refractivity contribution in [3.8, 4) is 0 Å². The van der Waals surface area contributed by atoms with Crippen LogP contribution >= 0.6 is 50.7 Å². The second-order valence-corrected chi connectivity index (χ2v) is 7.36. The average molecular weight is 356 g/mol. The minimum absolute atomic E-state index is 0.413. The maximum absolute atomic E-state index is 13.3. The van der Waals surface area contributed by atoms with E-state index in [-0.39, 0.29) is 0 Å². The summed E-state index contributed by atoms with van der Waals surface area (Å²) in [5.74, 6) is 0. The molecule has 2 aromatic rings. The first-order valence-corrected chi connectivity index (χ1v) is 6.77. The van der Waals surface area contributed by atoms with E-state index in [1.807, 2.05) is 6.07 Å². The molecule has 0 bridgehead atoms. The van der Waals surface area contributed by atoms with E-state index < -0.39 is 8.87 Å². The number of fused-ring (bicyclic) bond motifs is 1. The normalized spacial score (nSPS) is 13.9. The summed E-state index contributed by atoms with van der Waals surface area (Å²) < 4.78 is 12.1. The molecule has 0 spiro atoms. The SMILES string of the molecule is FC(Cl)c1cccc2c(C(Cl)(Cl)Br)cccc12. The van der Waals surface area contributed by atoms with Crippen LogP contribution in [0.2, 0.25) is 0 Å². The molecule has 1 atom stereocenters. The molecule has 1 unspecified atom stereocenters. The molecule has 0 aliphatic carbocycles. The number of halogens is 5. The summed E-state index contributed by atoms with van der Waals surface area (Å²) in [6, 6.07) is 10.5. The van der Waals surface area contributed by atoms with Crippen molar-refractivity contribution in [1.29, 1.82) is 0 Å². The zero-order valence-electron chi connectivity index (χ0n) is 8.43. The van der Waals surface area contributed by atoms with E-state index in [1.54, 1.807) is 30.3 Å². The first-order chi connectivity index (χ1) is 7.91. The zero-order chi connectivity index (χ0) is 12.6. The van der Waals surface area contributed by atoms with Gasteiger partial charge in [-0.3, -0.25) is 0 Å². The molecule has 0 fully saturated rings. The van der Waals surface area contributed by atoms with Crippen molar-refractivity contribution in [2.24, 2.45) is 0 Å². The predicted octanol–water partition coefficient (Wildman–Crippen LogP) is 6.03. The summed E-state index contributed by atoms with van der Waals surface area (Å²) in [6.07, 6.45) is 0. The van der Waals surface area contributed by atoms with Crippen molar-refractivity contribution in [3.63, 3.8) is 0 Å². The van der Waals surface area contributed by atoms with E-state index in [4.69, 9.17) is 34.8 Å². The highest BCUT2D eigenvalue weighted by molar-refractivity contribution is 9.10. The van der Waals surface area contributed by atoms with Crippen LogP contribution in [0.5, 0.6) is 0 Å². The summed E-state index contributed by atoms with van der Waals surface area (Å²) in [7, 11) is 0. The standard InChI is InChI=1S/C12H7BrCl3F/c13-12(15,16)10-6-2-3-7-8(10)4-1-5-9(7)11(14)17/h1-6,11H. The van der Waals surface area contributed by atoms with Gasteiger partial charge in [-0.1, -0.05) is 71.2 Å². The second-order valence-electron chi connectivity index (χ2n) is 3.55. The molecule has 0 aliphatic heterocycles. The van der Waals surface area contributed by atoms with Crippen LogP contribution in [0.3, 0.4) is 0 Å². The Morgan fingerprint density at radius 2 is 1.65 bits per heavy atom. The van der Waals surface area contributed by atoms with Crippen molar-refractivity contribution in [2.75, 3.05) is 0 Å². The topological polar surface area (TPSA) is 0 Å². The van der Waals surface area contributed by atoms with Crippen LogP contribution in [0.1, 0.15) is 16.8 Å². The lowest BCUT2D eigenvalue weighted by Gasteiger charge is -2.16. The lowest BCUT2D eigenvalue weighted by atomic mass is 10.0. The van der Waals surface area contributed by atoms with Crippen LogP contribution < -0.4 is 0 Å². The monoisotopic (exact) mass is 354 g/mol. The number of rotatable bonds is 2. The maximum atomic E-state index is 13.3. The van der Waals surface area contributed by atoms with E-state index in [9.17, 15) is 4.39 Å². The summed E-state index contributed by atoms with van der Waals surface area (Å²) >= 11 is 20.7. The van der Waals surface area contributed by atoms with Gasteiger partial charge < -0.3 is 0 Å². The van der Waals surface area contributed by atoms with Crippen molar-refractivity contribution in [3.05, 3.63) is 47.5 Å². The van der Waals surface area contributed by atoms with Gasteiger partial charge in [0.1, 0.15) is 0 Å². The summed E-state index contributed by atoms with van der Waals surface area (Å²) in [5.41, 5.74) is -0.474. The fourth-order valence-corrected chi connectivity index (χ4v) is 2.64. The first kappa shape index (κ1) is 13.4. The molecule has 0 nitrogen and oxygen atoms in total. The van der Waals surface area contributed by atoms with E-state index >= 15 is 0 Å². The van der Waals surface area contributed by atoms with E-state index in [0.29, 0.717) is 16.5 Å². The Bertz CT molecular complexity index is 549. The highest BCUT2D eigenvalue weighted by Gasteiger charge is 2.25. The van der Waals surface area contributed by atoms with Gasteiger partial charge in [-0.15, -0.1) is 0 Å². The summed E-state index contributed by atoms with van der Waals surface area (Å²) in [4.78, 5) is 0. The van der Waals surface area contributed by atoms with Gasteiger partial charge >= 0.3 is 0 Å². The van der Waals surface area contributed by atoms with Crippen molar-refractivity contribution in [1.82, 2.24) is 0 Å². The van der Waals surface area contributed by atoms with E-state index in [1.165, 1.54) is 0 Å². The van der Waals surface area contributed by atoms with Crippen molar-refractivity contribution >= 4 is 61.5 Å². The molecule has 17 heavy (non-hydrogen) atoms. The highest BCUT2D eigenvalue weighted by atomic mass is 79.9. The fraction of sp³-hybridized carbons (Fsp3) is 0.167. The van der Waals surface area contributed by atoms with Crippen LogP contribution in [-0.4, -0.2) is 0 Å². The molecule has 0 heterocycles. The van der Waals surface area contributed by atoms with Crippen LogP contribution in [-0.2, 0) is 3.24 Å². The smallest absolute Gasteiger partial charge is 0.199 e. The van der Waals surface area contributed by atoms with Crippen LogP contribution in [0.4, 0.5) is 4.39 Å². The first-order valence-electron chi connectivity index (χ1n) is 4.78. The third-order valence-corrected chi connectivity index (χ3v) is 3.57. The van der Waals surface area contributed by atoms with Gasteiger partial charge in [0.05, 0.1) is 0 Å². The predicted molar refractivity (Wildman–Crippen MR) is 76.0 cm³/mol. The van der Waals surface area contributed by atoms with E-state index in [0.717, 1.165) is 5.39 Å². The third kappa shape index (κ3) is 2.70. The average Bonchev–Trinajstić information content (AvgIpc) is 2.26. The Balaban J connectivity index is 2.79. The molecule has 0 saturated heterocycles. The Labute approximate surface area is 122 Å². The molecular weight excluding hydrogens is 349 g/mol. The molecule has 0 saturated carbocycles. The number of hydrogen-bond donors (Lipinski definition) is 0. The number of hydrogen-bond acceptors (Lipinski definition) is 0. The van der Waals surface area contributed by atoms with Gasteiger partial charge in [0, 0.05) is 11.1 Å². The minimum atomic E-state index is -1.55. The summed E-state index contributed by atoms with van der Waals surface area (Å²) in [6.45, 7) is 0. The molecule has 90 valence electrons. The molecular formula is C12H7BrCl3F. The van der Waals surface area contributed by atoms with E-state index in [2.05, 4.69) is 15.9 Å². The molecule has 0 aliphatic rings. The molecule has 0 N–H and O–H groups in total. The Kier molecular flexibility index (Phi) is 3.89. The van der Waals surface area contributed by atoms with Crippen molar-refractivity contribution < 1.29 is 4.39 Å². The zero-order valence-corrected chi connectivity index (χ0v) is 12.3. The van der Waals surface area contributed by atoms with Gasteiger partial charge in [0.25, 0.3) is 0 Å². The molecule has 2 aromatic carbocycles. The Morgan fingerprint density at radius 3 is 2.24 bits per heavy atom. The lowest BCUT2D eigenvalue weighted by Crippen LogP contribution is -2.00. The highest BCUT2D eigenvalue weighted by Crippen LogP contribution is 2.44. The number of benzene rings is 2. The van der Waals surface area contributed by atoms with Crippen LogP contribution in [0, 0.1) is 0 Å². The largest absolute Gasteiger partial charge is 0.225 e. The van der Waals surface area contributed by atoms with Gasteiger partial charge in [0.2, 0.25) is 0 Å². The Hall–Kier alpha value is -0.0200. The van der Waals surface area contributed by atoms with Gasteiger partial charge in [0.15, 0.2) is 8.87 Å². The molecule has 0 aromatic heterocycles. The fourth-order valence-electron chi connectivity index (χ4n) is 1.77. The lowest BCUT2D eigenvalue weighted by molar-refractivity contribution is 0.463. The van der Waals surface area contributed by atoms with Crippen LogP contribution in [0.15, 0.2) is 36.4 Å². The number of alkyl halides is 5. The summed E-state index contributed by atoms with van der Waals surface area (Å²) in [5, 5.41) is 1.48. The van der Waals surface area contributed by atoms with Crippen molar-refractivity contribution in [2.45, 2.75) is 8.87 Å². The molecule has 0 amide bonds. The molecule has 5 heteroatoms. The second kappa shape index (κ2) is 4.93. The molecule has 0 radical (unpaired) electrons. The maximum Gasteiger partial charge on any atom is 0.199 e. The Morgan fingerprint density at radius 1 is 1.06 bits per heavy atom. The quantitative estimate of drug-likeness (QED) is 0.576. The third-order valence-electron chi connectivity index (χ3n) is 2.50. The van der Waals surface area contributed by atoms with Gasteiger partial charge in [-0.05, 0) is 26.7 Å². The molecule has 2 rings (SSSR count). The van der Waals surface area contributed by atoms with Gasteiger partial charge in [-0.2, -0.15) is 0 Å².